The quantitative estimate of drug-likeness (QED) is 0.591. The maximum absolute atomic E-state index is 9.21. The Bertz CT molecular complexity index is 312. The summed E-state index contributed by atoms with van der Waals surface area (Å²) in [7, 11) is 0. The Kier molecular flexibility index (Phi) is 3.12. The first-order chi connectivity index (χ1) is 5.84. The molecule has 12 heavy (non-hydrogen) atoms. The molecule has 3 N–H and O–H groups in total. The van der Waals surface area contributed by atoms with Crippen molar-refractivity contribution in [2.24, 2.45) is 5.73 Å². The van der Waals surface area contributed by atoms with E-state index >= 15 is 0 Å². The zero-order valence-electron chi connectivity index (χ0n) is 6.62. The van der Waals surface area contributed by atoms with Gasteiger partial charge in [-0.2, -0.15) is 0 Å². The molecule has 0 fully saturated rings. The molecular weight excluding hydrogens is 152 g/mol. The Hall–Kier alpha value is -1.53. The molecular formula is C9H10N2O. The molecule has 0 aliphatic heterocycles. The molecule has 0 aliphatic rings. The van der Waals surface area contributed by atoms with E-state index in [2.05, 4.69) is 16.8 Å². The fraction of sp³-hybridized carbons (Fsp3) is 0.222. The molecule has 1 rings (SSSR count). The van der Waals surface area contributed by atoms with E-state index in [1.54, 1.807) is 18.3 Å². The zero-order chi connectivity index (χ0) is 8.81. The Morgan fingerprint density at radius 2 is 2.42 bits per heavy atom. The van der Waals surface area contributed by atoms with E-state index in [1.807, 2.05) is 0 Å². The number of aromatic hydroxyl groups is 1. The van der Waals surface area contributed by atoms with Crippen molar-refractivity contribution >= 4 is 0 Å². The molecule has 1 heterocycles. The predicted octanol–water partition coefficient (Wildman–Crippen LogP) is 0.488. The van der Waals surface area contributed by atoms with Crippen LogP contribution < -0.4 is 5.73 Å². The highest BCUT2D eigenvalue weighted by atomic mass is 16.3. The van der Waals surface area contributed by atoms with Crippen LogP contribution in [0.1, 0.15) is 12.1 Å². The summed E-state index contributed by atoms with van der Waals surface area (Å²) >= 11 is 0. The third-order valence-corrected chi connectivity index (χ3v) is 1.26. The average Bonchev–Trinajstić information content (AvgIpc) is 2.09. The predicted molar refractivity (Wildman–Crippen MR) is 46.5 cm³/mol. The van der Waals surface area contributed by atoms with Crippen LogP contribution in [-0.4, -0.2) is 16.6 Å². The molecule has 0 saturated heterocycles. The number of nitrogens with zero attached hydrogens (tertiary/aromatic N) is 1. The van der Waals surface area contributed by atoms with Crippen LogP contribution >= 0.6 is 0 Å². The molecule has 0 radical (unpaired) electrons. The second-order valence-electron chi connectivity index (χ2n) is 2.21. The number of aromatic nitrogens is 1. The van der Waals surface area contributed by atoms with Gasteiger partial charge in [0.15, 0.2) is 5.69 Å². The van der Waals surface area contributed by atoms with Gasteiger partial charge in [-0.3, -0.25) is 0 Å². The molecule has 3 nitrogen and oxygen atoms in total. The van der Waals surface area contributed by atoms with E-state index in [1.165, 1.54) is 0 Å². The molecule has 0 aliphatic carbocycles. The second-order valence-corrected chi connectivity index (χ2v) is 2.21. The number of rotatable bonds is 1. The van der Waals surface area contributed by atoms with Crippen LogP contribution in [0, 0.1) is 11.8 Å². The highest BCUT2D eigenvalue weighted by molar-refractivity contribution is 5.38. The van der Waals surface area contributed by atoms with Crippen molar-refractivity contribution in [3.8, 4) is 17.6 Å². The summed E-state index contributed by atoms with van der Waals surface area (Å²) in [5.41, 5.74) is 5.65. The van der Waals surface area contributed by atoms with Gasteiger partial charge in [0.2, 0.25) is 0 Å². The van der Waals surface area contributed by atoms with Gasteiger partial charge in [0.1, 0.15) is 5.75 Å². The molecule has 0 saturated carbocycles. The molecule has 3 heteroatoms. The lowest BCUT2D eigenvalue weighted by Gasteiger charge is -1.92. The molecule has 0 spiro atoms. The summed E-state index contributed by atoms with van der Waals surface area (Å²) in [5.74, 6) is 5.63. The molecule has 0 unspecified atom stereocenters. The maximum atomic E-state index is 9.21. The number of nitrogens with two attached hydrogens (primary N) is 1. The highest BCUT2D eigenvalue weighted by Gasteiger charge is 1.93. The van der Waals surface area contributed by atoms with Crippen molar-refractivity contribution in [3.05, 3.63) is 24.0 Å². The van der Waals surface area contributed by atoms with Crippen LogP contribution in [0.3, 0.4) is 0 Å². The lowest BCUT2D eigenvalue weighted by molar-refractivity contribution is 0.471. The Morgan fingerprint density at radius 3 is 3.08 bits per heavy atom. The van der Waals surface area contributed by atoms with Crippen molar-refractivity contribution in [2.75, 3.05) is 6.54 Å². The normalized spacial score (nSPS) is 8.75. The van der Waals surface area contributed by atoms with E-state index in [-0.39, 0.29) is 5.75 Å². The van der Waals surface area contributed by atoms with E-state index in [0.29, 0.717) is 18.7 Å². The van der Waals surface area contributed by atoms with Crippen LogP contribution in [0.2, 0.25) is 0 Å². The molecule has 1 aromatic rings. The van der Waals surface area contributed by atoms with Gasteiger partial charge in [0.25, 0.3) is 0 Å². The first kappa shape index (κ1) is 8.57. The summed E-state index contributed by atoms with van der Waals surface area (Å²) in [6, 6.07) is 3.21. The van der Waals surface area contributed by atoms with Crippen LogP contribution in [0.15, 0.2) is 18.3 Å². The fourth-order valence-corrected chi connectivity index (χ4v) is 0.712. The molecule has 1 aromatic heterocycles. The summed E-state index contributed by atoms with van der Waals surface area (Å²) in [6.07, 6.45) is 2.21. The smallest absolute Gasteiger partial charge is 0.154 e. The van der Waals surface area contributed by atoms with Gasteiger partial charge >= 0.3 is 0 Å². The summed E-state index contributed by atoms with van der Waals surface area (Å²) < 4.78 is 0. The number of hydrogen-bond acceptors (Lipinski definition) is 3. The number of hydrogen-bond donors (Lipinski definition) is 2. The van der Waals surface area contributed by atoms with Gasteiger partial charge in [0.05, 0.1) is 0 Å². The monoisotopic (exact) mass is 162 g/mol. The molecule has 62 valence electrons. The van der Waals surface area contributed by atoms with Gasteiger partial charge in [-0.25, -0.2) is 4.98 Å². The van der Waals surface area contributed by atoms with Crippen molar-refractivity contribution in [1.82, 2.24) is 4.98 Å². The highest BCUT2D eigenvalue weighted by Crippen LogP contribution is 2.10. The SMILES string of the molecule is NCCC#Cc1ncccc1O. The third-order valence-electron chi connectivity index (χ3n) is 1.26. The maximum Gasteiger partial charge on any atom is 0.154 e. The van der Waals surface area contributed by atoms with Crippen molar-refractivity contribution in [2.45, 2.75) is 6.42 Å². The second kappa shape index (κ2) is 4.37. The average molecular weight is 162 g/mol. The standard InChI is InChI=1S/C9H10N2O/c10-6-2-1-4-8-9(12)5-3-7-11-8/h3,5,7,12H,2,6,10H2. The third kappa shape index (κ3) is 2.26. The molecule has 0 atom stereocenters. The number of pyridine rings is 1. The molecule has 0 bridgehead atoms. The van der Waals surface area contributed by atoms with E-state index in [4.69, 9.17) is 5.73 Å². The van der Waals surface area contributed by atoms with Crippen LogP contribution in [0.25, 0.3) is 0 Å². The summed E-state index contributed by atoms with van der Waals surface area (Å²) in [4.78, 5) is 3.89. The fourth-order valence-electron chi connectivity index (χ4n) is 0.712. The van der Waals surface area contributed by atoms with Gasteiger partial charge in [-0.05, 0) is 18.1 Å². The van der Waals surface area contributed by atoms with Crippen molar-refractivity contribution in [3.63, 3.8) is 0 Å². The largest absolute Gasteiger partial charge is 0.505 e. The first-order valence-corrected chi connectivity index (χ1v) is 3.67. The Balaban J connectivity index is 2.77. The van der Waals surface area contributed by atoms with Crippen molar-refractivity contribution < 1.29 is 5.11 Å². The van der Waals surface area contributed by atoms with Crippen molar-refractivity contribution in [1.29, 1.82) is 0 Å². The van der Waals surface area contributed by atoms with Gasteiger partial charge in [0, 0.05) is 19.2 Å². The Morgan fingerprint density at radius 1 is 1.58 bits per heavy atom. The zero-order valence-corrected chi connectivity index (χ0v) is 6.62. The topological polar surface area (TPSA) is 59.1 Å². The summed E-state index contributed by atoms with van der Waals surface area (Å²) in [6.45, 7) is 0.528. The lowest BCUT2D eigenvalue weighted by atomic mass is 10.3. The van der Waals surface area contributed by atoms with E-state index in [9.17, 15) is 5.11 Å². The van der Waals surface area contributed by atoms with Crippen LogP contribution in [0.4, 0.5) is 0 Å². The first-order valence-electron chi connectivity index (χ1n) is 3.67. The van der Waals surface area contributed by atoms with E-state index in [0.717, 1.165) is 0 Å². The van der Waals surface area contributed by atoms with E-state index < -0.39 is 0 Å². The van der Waals surface area contributed by atoms with Gasteiger partial charge in [-0.1, -0.05) is 5.92 Å². The minimum absolute atomic E-state index is 0.113. The van der Waals surface area contributed by atoms with Crippen LogP contribution in [0.5, 0.6) is 5.75 Å². The summed E-state index contributed by atoms with van der Waals surface area (Å²) in [5, 5.41) is 9.21. The molecule has 0 amide bonds. The lowest BCUT2D eigenvalue weighted by Crippen LogP contribution is -1.95. The minimum atomic E-state index is 0.113. The van der Waals surface area contributed by atoms with Gasteiger partial charge in [-0.15, -0.1) is 0 Å². The molecule has 0 aromatic carbocycles. The van der Waals surface area contributed by atoms with Gasteiger partial charge < -0.3 is 10.8 Å². The Labute approximate surface area is 71.2 Å². The van der Waals surface area contributed by atoms with Crippen LogP contribution in [-0.2, 0) is 0 Å². The minimum Gasteiger partial charge on any atom is -0.505 e.